The van der Waals surface area contributed by atoms with Crippen LogP contribution in [0.25, 0.3) is 0 Å². The summed E-state index contributed by atoms with van der Waals surface area (Å²) in [5, 5.41) is 17.5. The van der Waals surface area contributed by atoms with E-state index < -0.39 is 23.3 Å². The summed E-state index contributed by atoms with van der Waals surface area (Å²) in [6, 6.07) is 0. The van der Waals surface area contributed by atoms with Crippen molar-refractivity contribution in [3.05, 3.63) is 0 Å². The van der Waals surface area contributed by atoms with E-state index in [1.165, 1.54) is 0 Å². The molecule has 0 saturated heterocycles. The Kier molecular flexibility index (Phi) is 8.43. The summed E-state index contributed by atoms with van der Waals surface area (Å²) in [4.78, 5) is 21.4. The number of rotatable bonds is 5. The Morgan fingerprint density at radius 1 is 1.29 bits per heavy atom. The second kappa shape index (κ2) is 6.95. The van der Waals surface area contributed by atoms with Crippen molar-refractivity contribution >= 4 is 11.9 Å². The number of aliphatic carboxylic acids is 2. The molecule has 0 aliphatic carbocycles. The standard InChI is InChI=1S/C9H16O4.K.H/c1-4-5-9(2,3)6(7(10)11)8(12)13;;/h6H,4-5H2,1-3H3,(H,10,11)(H,12,13);;/q;+1;-1. The van der Waals surface area contributed by atoms with Gasteiger partial charge in [-0.2, -0.15) is 0 Å². The molecule has 4 nitrogen and oxygen atoms in total. The second-order valence-corrected chi connectivity index (χ2v) is 3.85. The average Bonchev–Trinajstić information content (AvgIpc) is 1.82. The Morgan fingerprint density at radius 2 is 1.64 bits per heavy atom. The minimum atomic E-state index is -1.31. The fraction of sp³-hybridized carbons (Fsp3) is 0.778. The normalized spacial score (nSPS) is 10.9. The summed E-state index contributed by atoms with van der Waals surface area (Å²) in [7, 11) is 0. The minimum Gasteiger partial charge on any atom is -1.00 e. The van der Waals surface area contributed by atoms with Crippen LogP contribution in [-0.4, -0.2) is 22.2 Å². The predicted octanol–water partition coefficient (Wildman–Crippen LogP) is -1.29. The first-order valence-corrected chi connectivity index (χ1v) is 4.28. The zero-order valence-electron chi connectivity index (χ0n) is 10.2. The van der Waals surface area contributed by atoms with Crippen LogP contribution in [0.1, 0.15) is 35.0 Å². The van der Waals surface area contributed by atoms with Crippen molar-refractivity contribution in [1.29, 1.82) is 0 Å². The summed E-state index contributed by atoms with van der Waals surface area (Å²) in [5.41, 5.74) is -0.688. The fourth-order valence-electron chi connectivity index (χ4n) is 1.56. The molecule has 0 aliphatic rings. The monoisotopic (exact) mass is 228 g/mol. The molecule has 0 aromatic heterocycles. The molecule has 0 fully saturated rings. The van der Waals surface area contributed by atoms with Crippen molar-refractivity contribution < 1.29 is 72.6 Å². The Hall–Kier alpha value is 0.576. The zero-order valence-corrected chi connectivity index (χ0v) is 12.3. The van der Waals surface area contributed by atoms with Gasteiger partial charge in [-0.15, -0.1) is 0 Å². The van der Waals surface area contributed by atoms with E-state index in [9.17, 15) is 9.59 Å². The van der Waals surface area contributed by atoms with Gasteiger partial charge in [-0.3, -0.25) is 9.59 Å². The van der Waals surface area contributed by atoms with Crippen molar-refractivity contribution in [2.24, 2.45) is 11.3 Å². The molecule has 0 aliphatic heterocycles. The van der Waals surface area contributed by atoms with Gasteiger partial charge in [0, 0.05) is 0 Å². The average molecular weight is 228 g/mol. The summed E-state index contributed by atoms with van der Waals surface area (Å²) >= 11 is 0. The maximum absolute atomic E-state index is 10.7. The summed E-state index contributed by atoms with van der Waals surface area (Å²) in [5.74, 6) is -3.83. The third kappa shape index (κ3) is 4.88. The van der Waals surface area contributed by atoms with Crippen LogP contribution in [0.2, 0.25) is 0 Å². The van der Waals surface area contributed by atoms with E-state index in [-0.39, 0.29) is 52.8 Å². The van der Waals surface area contributed by atoms with E-state index in [0.29, 0.717) is 6.42 Å². The molecule has 5 heteroatoms. The van der Waals surface area contributed by atoms with Gasteiger partial charge in [-0.1, -0.05) is 27.2 Å². The molecule has 14 heavy (non-hydrogen) atoms. The zero-order chi connectivity index (χ0) is 10.6. The molecule has 0 spiro atoms. The minimum absolute atomic E-state index is 0. The summed E-state index contributed by atoms with van der Waals surface area (Å²) in [6.07, 6.45) is 1.38. The molecular weight excluding hydrogens is 211 g/mol. The second-order valence-electron chi connectivity index (χ2n) is 3.85. The molecule has 78 valence electrons. The Morgan fingerprint density at radius 3 is 1.86 bits per heavy atom. The maximum Gasteiger partial charge on any atom is 1.00 e. The van der Waals surface area contributed by atoms with Gasteiger partial charge in [0.1, 0.15) is 0 Å². The van der Waals surface area contributed by atoms with Gasteiger partial charge in [0.25, 0.3) is 0 Å². The van der Waals surface area contributed by atoms with Crippen molar-refractivity contribution in [2.75, 3.05) is 0 Å². The Bertz CT molecular complexity index is 204. The molecular formula is C9H17KO4. The van der Waals surface area contributed by atoms with Gasteiger partial charge in [0.2, 0.25) is 0 Å². The molecule has 0 unspecified atom stereocenters. The van der Waals surface area contributed by atoms with Crippen LogP contribution in [-0.2, 0) is 9.59 Å². The van der Waals surface area contributed by atoms with E-state index in [1.807, 2.05) is 6.92 Å². The molecule has 0 aromatic rings. The van der Waals surface area contributed by atoms with Gasteiger partial charge in [-0.05, 0) is 11.8 Å². The van der Waals surface area contributed by atoms with Crippen LogP contribution in [0.5, 0.6) is 0 Å². The molecule has 0 bridgehead atoms. The molecule has 0 saturated carbocycles. The fourth-order valence-corrected chi connectivity index (χ4v) is 1.56. The van der Waals surface area contributed by atoms with Crippen LogP contribution in [0.4, 0.5) is 0 Å². The number of carboxylic acid groups (broad SMARTS) is 2. The van der Waals surface area contributed by atoms with Gasteiger partial charge < -0.3 is 11.6 Å². The molecule has 0 atom stereocenters. The third-order valence-electron chi connectivity index (χ3n) is 2.17. The molecule has 0 amide bonds. The molecule has 0 aromatic carbocycles. The van der Waals surface area contributed by atoms with Crippen LogP contribution < -0.4 is 51.4 Å². The van der Waals surface area contributed by atoms with Crippen molar-refractivity contribution in [3.63, 3.8) is 0 Å². The van der Waals surface area contributed by atoms with Crippen molar-refractivity contribution in [1.82, 2.24) is 0 Å². The van der Waals surface area contributed by atoms with Crippen LogP contribution in [0.15, 0.2) is 0 Å². The Balaban J connectivity index is -0.000000720. The smallest absolute Gasteiger partial charge is 1.00 e. The van der Waals surface area contributed by atoms with Crippen molar-refractivity contribution in [3.8, 4) is 0 Å². The van der Waals surface area contributed by atoms with E-state index in [1.54, 1.807) is 13.8 Å². The van der Waals surface area contributed by atoms with E-state index in [4.69, 9.17) is 10.2 Å². The third-order valence-corrected chi connectivity index (χ3v) is 2.17. The molecule has 0 radical (unpaired) electrons. The van der Waals surface area contributed by atoms with E-state index in [2.05, 4.69) is 0 Å². The SMILES string of the molecule is CCCC(C)(C)C(C(=O)O)C(=O)O.[H-].[K+]. The predicted molar refractivity (Wildman–Crippen MR) is 48.6 cm³/mol. The number of hydrogen-bond acceptors (Lipinski definition) is 2. The van der Waals surface area contributed by atoms with Gasteiger partial charge in [0.05, 0.1) is 0 Å². The molecule has 0 rings (SSSR count). The van der Waals surface area contributed by atoms with Gasteiger partial charge >= 0.3 is 63.3 Å². The summed E-state index contributed by atoms with van der Waals surface area (Å²) < 4.78 is 0. The first-order chi connectivity index (χ1) is 5.83. The quantitative estimate of drug-likeness (QED) is 0.454. The maximum atomic E-state index is 10.7. The van der Waals surface area contributed by atoms with Gasteiger partial charge in [0.15, 0.2) is 5.92 Å². The van der Waals surface area contributed by atoms with E-state index in [0.717, 1.165) is 6.42 Å². The first kappa shape index (κ1) is 17.0. The van der Waals surface area contributed by atoms with Crippen LogP contribution in [0, 0.1) is 11.3 Å². The largest absolute Gasteiger partial charge is 1.00 e. The topological polar surface area (TPSA) is 74.6 Å². The van der Waals surface area contributed by atoms with Crippen LogP contribution in [0.3, 0.4) is 0 Å². The van der Waals surface area contributed by atoms with Crippen LogP contribution >= 0.6 is 0 Å². The first-order valence-electron chi connectivity index (χ1n) is 4.28. The molecule has 0 heterocycles. The number of carbonyl (C=O) groups is 2. The Labute approximate surface area is 128 Å². The number of carboxylic acids is 2. The van der Waals surface area contributed by atoms with Gasteiger partial charge in [-0.25, -0.2) is 0 Å². The van der Waals surface area contributed by atoms with E-state index >= 15 is 0 Å². The van der Waals surface area contributed by atoms with Crippen molar-refractivity contribution in [2.45, 2.75) is 33.6 Å². The number of hydrogen-bond donors (Lipinski definition) is 2. The molecule has 2 N–H and O–H groups in total. The summed E-state index contributed by atoms with van der Waals surface area (Å²) in [6.45, 7) is 5.25.